The van der Waals surface area contributed by atoms with Gasteiger partial charge in [-0.25, -0.2) is 0 Å². The van der Waals surface area contributed by atoms with Gasteiger partial charge in [0.2, 0.25) is 6.71 Å². The van der Waals surface area contributed by atoms with E-state index < -0.39 is 0 Å². The fraction of sp³-hybridized carbons (Fsp3) is 0.111. The molecule has 0 spiro atoms. The maximum absolute atomic E-state index is 2.68. The molecule has 1 aliphatic carbocycles. The summed E-state index contributed by atoms with van der Waals surface area (Å²) in [7, 11) is 0. The van der Waals surface area contributed by atoms with Crippen molar-refractivity contribution < 1.29 is 0 Å². The van der Waals surface area contributed by atoms with Gasteiger partial charge in [0, 0.05) is 33.0 Å². The summed E-state index contributed by atoms with van der Waals surface area (Å²) < 4.78 is 2.68. The molecule has 0 N–H and O–H groups in total. The minimum absolute atomic E-state index is 0.144. The molecule has 0 amide bonds. The summed E-state index contributed by atoms with van der Waals surface area (Å²) in [5.41, 5.74) is 19.5. The highest BCUT2D eigenvalue weighted by Crippen LogP contribution is 2.49. The zero-order chi connectivity index (χ0) is 37.0. The zero-order valence-corrected chi connectivity index (χ0v) is 31.8. The minimum atomic E-state index is -0.147. The van der Waals surface area contributed by atoms with E-state index in [0.29, 0.717) is 0 Å². The average molecular weight is 712 g/mol. The lowest BCUT2D eigenvalue weighted by Gasteiger charge is -2.41. The maximum atomic E-state index is 2.68. The van der Waals surface area contributed by atoms with Crippen LogP contribution in [-0.4, -0.2) is 11.3 Å². The summed E-state index contributed by atoms with van der Waals surface area (Å²) in [6.07, 6.45) is 1.01. The van der Waals surface area contributed by atoms with E-state index in [9.17, 15) is 0 Å². The summed E-state index contributed by atoms with van der Waals surface area (Å²) in [6, 6.07) is 60.7. The molecule has 3 aliphatic rings. The van der Waals surface area contributed by atoms with E-state index in [4.69, 9.17) is 0 Å². The van der Waals surface area contributed by atoms with E-state index in [1.54, 1.807) is 0 Å². The molecule has 2 heteroatoms. The molecule has 1 nitrogen and oxygen atoms in total. The first kappa shape index (κ1) is 30.9. The van der Waals surface area contributed by atoms with Crippen molar-refractivity contribution in [3.63, 3.8) is 0 Å². The van der Waals surface area contributed by atoms with E-state index in [0.717, 1.165) is 6.42 Å². The molecule has 56 heavy (non-hydrogen) atoms. The molecule has 0 fully saturated rings. The van der Waals surface area contributed by atoms with Crippen LogP contribution in [0, 0.1) is 6.92 Å². The number of hydrogen-bond donors (Lipinski definition) is 0. The molecule has 10 aromatic rings. The third-order valence-electron chi connectivity index (χ3n) is 14.1. The highest BCUT2D eigenvalue weighted by molar-refractivity contribution is 6.99. The topological polar surface area (TPSA) is 4.93 Å². The number of benzene rings is 9. The lowest BCUT2D eigenvalue weighted by molar-refractivity contribution is 0.642. The second-order valence-corrected chi connectivity index (χ2v) is 17.2. The van der Waals surface area contributed by atoms with Crippen molar-refractivity contribution in [1.82, 2.24) is 4.57 Å². The Bertz CT molecular complexity index is 3380. The van der Waals surface area contributed by atoms with Crippen LogP contribution in [0.15, 0.2) is 158 Å². The van der Waals surface area contributed by atoms with E-state index in [1.165, 1.54) is 121 Å². The Kier molecular flexibility index (Phi) is 5.89. The van der Waals surface area contributed by atoms with Gasteiger partial charge in [0.25, 0.3) is 0 Å². The Labute approximate surface area is 326 Å². The second-order valence-electron chi connectivity index (χ2n) is 17.2. The highest BCUT2D eigenvalue weighted by atomic mass is 15.0. The first-order chi connectivity index (χ1) is 27.5. The van der Waals surface area contributed by atoms with E-state index in [2.05, 4.69) is 183 Å². The summed E-state index contributed by atoms with van der Waals surface area (Å²) in [6.45, 7) is 7.14. The first-order valence-electron chi connectivity index (χ1n) is 20.2. The smallest absolute Gasteiger partial charge is 0.247 e. The van der Waals surface area contributed by atoms with Gasteiger partial charge in [0.1, 0.15) is 0 Å². The third kappa shape index (κ3) is 3.77. The Morgan fingerprint density at radius 1 is 0.554 bits per heavy atom. The lowest BCUT2D eigenvalue weighted by Crippen LogP contribution is -2.61. The number of nitrogens with zero attached hydrogens (tertiary/aromatic N) is 1. The largest absolute Gasteiger partial charge is 0.310 e. The van der Waals surface area contributed by atoms with Crippen LogP contribution in [-0.2, 0) is 11.8 Å². The van der Waals surface area contributed by atoms with Crippen molar-refractivity contribution in [3.8, 4) is 16.8 Å². The fourth-order valence-corrected chi connectivity index (χ4v) is 11.5. The fourth-order valence-electron chi connectivity index (χ4n) is 11.5. The second kappa shape index (κ2) is 10.7. The predicted molar refractivity (Wildman–Crippen MR) is 239 cm³/mol. The summed E-state index contributed by atoms with van der Waals surface area (Å²) in [4.78, 5) is 0. The van der Waals surface area contributed by atoms with Crippen LogP contribution in [0.1, 0.15) is 53.1 Å². The molecule has 1 unspecified atom stereocenters. The molecule has 13 rings (SSSR count). The number of aromatic nitrogens is 1. The normalized spacial score (nSPS) is 15.1. The highest BCUT2D eigenvalue weighted by Gasteiger charge is 2.45. The van der Waals surface area contributed by atoms with Crippen LogP contribution in [0.2, 0.25) is 0 Å². The Balaban J connectivity index is 1.25. The molecule has 1 aromatic heterocycles. The van der Waals surface area contributed by atoms with Crippen molar-refractivity contribution in [2.45, 2.75) is 38.5 Å². The van der Waals surface area contributed by atoms with Crippen LogP contribution < -0.4 is 16.4 Å². The summed E-state index contributed by atoms with van der Waals surface area (Å²) >= 11 is 0. The monoisotopic (exact) mass is 711 g/mol. The number of fused-ring (bicyclic) bond motifs is 16. The van der Waals surface area contributed by atoms with Crippen molar-refractivity contribution in [1.29, 1.82) is 0 Å². The molecule has 0 saturated heterocycles. The van der Waals surface area contributed by atoms with Crippen molar-refractivity contribution in [2.24, 2.45) is 0 Å². The standard InChI is InChI=1S/C54H38BN/c1-31-23-25-36-41-29-34(54(2,3)33-14-5-4-6-15-33)24-26-37(41)44-30-45-43-28-32-13-7-8-16-35(32)39-18-11-20-46(49(39)43)55-47-21-12-19-40-38-17-9-10-22-48(38)56(52(40)47)53(51(45)55)50(44)42(36)27-31/h4-27,29-30,43H,28H2,1-3H3. The minimum Gasteiger partial charge on any atom is -0.310 e. The molecule has 0 radical (unpaired) electrons. The van der Waals surface area contributed by atoms with Gasteiger partial charge in [-0.2, -0.15) is 0 Å². The van der Waals surface area contributed by atoms with Crippen LogP contribution in [0.3, 0.4) is 0 Å². The van der Waals surface area contributed by atoms with Gasteiger partial charge >= 0.3 is 0 Å². The van der Waals surface area contributed by atoms with Gasteiger partial charge in [-0.15, -0.1) is 0 Å². The van der Waals surface area contributed by atoms with E-state index >= 15 is 0 Å². The molecule has 0 saturated carbocycles. The number of rotatable bonds is 2. The molecular weight excluding hydrogens is 673 g/mol. The molecule has 3 heterocycles. The molecule has 9 aromatic carbocycles. The van der Waals surface area contributed by atoms with Crippen LogP contribution in [0.5, 0.6) is 0 Å². The summed E-state index contributed by atoms with van der Waals surface area (Å²) in [5.74, 6) is 0.271. The molecule has 2 aliphatic heterocycles. The number of para-hydroxylation sites is 2. The molecular formula is C54H38BN. The van der Waals surface area contributed by atoms with E-state index in [1.807, 2.05) is 0 Å². The first-order valence-corrected chi connectivity index (χ1v) is 20.2. The SMILES string of the molecule is Cc1ccc2c3cc(C(C)(C)c4ccccc4)ccc3c3cc4c5c(c3c2c1)-n1c2ccccc2c2cccc(c21)B5c1cccc2c1C4Cc1ccccc1-2. The van der Waals surface area contributed by atoms with Crippen LogP contribution >= 0.6 is 0 Å². The average Bonchev–Trinajstić information content (AvgIpc) is 3.58. The number of aryl methyl sites for hydroxylation is 1. The predicted octanol–water partition coefficient (Wildman–Crippen LogP) is 11.4. The molecule has 262 valence electrons. The Morgan fingerprint density at radius 2 is 1.27 bits per heavy atom. The lowest BCUT2D eigenvalue weighted by atomic mass is 9.31. The zero-order valence-electron chi connectivity index (χ0n) is 31.8. The van der Waals surface area contributed by atoms with Gasteiger partial charge < -0.3 is 4.57 Å². The van der Waals surface area contributed by atoms with Gasteiger partial charge in [-0.05, 0) is 102 Å². The van der Waals surface area contributed by atoms with Crippen LogP contribution in [0.25, 0.3) is 70.9 Å². The molecule has 0 bridgehead atoms. The molecule has 1 atom stereocenters. The van der Waals surface area contributed by atoms with Gasteiger partial charge in [0.15, 0.2) is 0 Å². The maximum Gasteiger partial charge on any atom is 0.247 e. The van der Waals surface area contributed by atoms with Gasteiger partial charge in [-0.3, -0.25) is 0 Å². The van der Waals surface area contributed by atoms with Crippen LogP contribution in [0.4, 0.5) is 0 Å². The Hall–Kier alpha value is -6.38. The third-order valence-corrected chi connectivity index (χ3v) is 14.1. The van der Waals surface area contributed by atoms with Gasteiger partial charge in [0.05, 0.1) is 11.2 Å². The quantitative estimate of drug-likeness (QED) is 0.124. The van der Waals surface area contributed by atoms with Crippen molar-refractivity contribution in [2.75, 3.05) is 0 Å². The number of hydrogen-bond acceptors (Lipinski definition) is 0. The van der Waals surface area contributed by atoms with Gasteiger partial charge in [-0.1, -0.05) is 170 Å². The van der Waals surface area contributed by atoms with Crippen molar-refractivity contribution in [3.05, 3.63) is 191 Å². The van der Waals surface area contributed by atoms with E-state index in [-0.39, 0.29) is 18.0 Å². The van der Waals surface area contributed by atoms with Crippen molar-refractivity contribution >= 4 is 77.2 Å². The summed E-state index contributed by atoms with van der Waals surface area (Å²) in [5, 5.41) is 10.7. The Morgan fingerprint density at radius 3 is 2.16 bits per heavy atom.